The normalized spacial score (nSPS) is 9.94. The lowest BCUT2D eigenvalue weighted by Gasteiger charge is -2.04. The summed E-state index contributed by atoms with van der Waals surface area (Å²) in [6.45, 7) is 0.169. The number of rotatable bonds is 2. The van der Waals surface area contributed by atoms with Gasteiger partial charge in [0.2, 0.25) is 0 Å². The summed E-state index contributed by atoms with van der Waals surface area (Å²) in [6, 6.07) is 8.48. The van der Waals surface area contributed by atoms with Crippen LogP contribution in [0.4, 0.5) is 4.39 Å². The van der Waals surface area contributed by atoms with Crippen LogP contribution in [-0.2, 0) is 6.54 Å². The molecule has 17 heavy (non-hydrogen) atoms. The van der Waals surface area contributed by atoms with Crippen molar-refractivity contribution in [2.75, 3.05) is 0 Å². The standard InChI is InChI=1S/C13H10FN3/c14-13-4-10(1-2-11(13)6-16)12-3-9(5-15)7-17-8-12/h1-4,7-8H,6,16H2. The summed E-state index contributed by atoms with van der Waals surface area (Å²) >= 11 is 0. The largest absolute Gasteiger partial charge is 0.326 e. The summed E-state index contributed by atoms with van der Waals surface area (Å²) < 4.78 is 13.6. The Labute approximate surface area is 98.3 Å². The molecule has 0 aliphatic rings. The van der Waals surface area contributed by atoms with E-state index in [-0.39, 0.29) is 12.4 Å². The number of halogens is 1. The molecule has 0 fully saturated rings. The van der Waals surface area contributed by atoms with Crippen molar-refractivity contribution >= 4 is 0 Å². The Morgan fingerprint density at radius 2 is 2.06 bits per heavy atom. The molecule has 1 heterocycles. The van der Waals surface area contributed by atoms with Crippen molar-refractivity contribution in [3.05, 3.63) is 53.6 Å². The predicted molar refractivity (Wildman–Crippen MR) is 62.2 cm³/mol. The van der Waals surface area contributed by atoms with Gasteiger partial charge in [-0.05, 0) is 17.7 Å². The number of aromatic nitrogens is 1. The van der Waals surface area contributed by atoms with Gasteiger partial charge in [0.15, 0.2) is 0 Å². The Hall–Kier alpha value is -2.25. The number of hydrogen-bond donors (Lipinski definition) is 1. The first kappa shape index (κ1) is 11.2. The monoisotopic (exact) mass is 227 g/mol. The molecule has 4 heteroatoms. The second kappa shape index (κ2) is 4.73. The van der Waals surface area contributed by atoms with Crippen LogP contribution in [0.3, 0.4) is 0 Å². The van der Waals surface area contributed by atoms with Crippen LogP contribution in [0.2, 0.25) is 0 Å². The number of nitriles is 1. The molecule has 84 valence electrons. The van der Waals surface area contributed by atoms with Gasteiger partial charge in [-0.3, -0.25) is 4.98 Å². The molecule has 0 amide bonds. The quantitative estimate of drug-likeness (QED) is 0.855. The molecule has 0 bridgehead atoms. The maximum absolute atomic E-state index is 13.6. The van der Waals surface area contributed by atoms with Crippen LogP contribution in [0, 0.1) is 17.1 Å². The van der Waals surface area contributed by atoms with Crippen molar-refractivity contribution < 1.29 is 4.39 Å². The topological polar surface area (TPSA) is 62.7 Å². The number of nitrogens with zero attached hydrogens (tertiary/aromatic N) is 2. The summed E-state index contributed by atoms with van der Waals surface area (Å²) in [5, 5.41) is 8.77. The summed E-state index contributed by atoms with van der Waals surface area (Å²) in [5.41, 5.74) is 7.71. The van der Waals surface area contributed by atoms with E-state index in [2.05, 4.69) is 4.98 Å². The van der Waals surface area contributed by atoms with E-state index in [9.17, 15) is 4.39 Å². The molecule has 2 aromatic rings. The van der Waals surface area contributed by atoms with Gasteiger partial charge in [-0.25, -0.2) is 4.39 Å². The number of hydrogen-bond acceptors (Lipinski definition) is 3. The predicted octanol–water partition coefficient (Wildman–Crippen LogP) is 2.22. The van der Waals surface area contributed by atoms with E-state index in [4.69, 9.17) is 11.0 Å². The lowest BCUT2D eigenvalue weighted by molar-refractivity contribution is 0.611. The molecule has 0 aliphatic heterocycles. The molecule has 0 atom stereocenters. The van der Waals surface area contributed by atoms with Gasteiger partial charge in [0.1, 0.15) is 11.9 Å². The fourth-order valence-electron chi connectivity index (χ4n) is 1.55. The van der Waals surface area contributed by atoms with Crippen molar-refractivity contribution in [2.24, 2.45) is 5.73 Å². The lowest BCUT2D eigenvalue weighted by Crippen LogP contribution is -1.99. The van der Waals surface area contributed by atoms with Crippen molar-refractivity contribution in [1.82, 2.24) is 4.98 Å². The highest BCUT2D eigenvalue weighted by Crippen LogP contribution is 2.21. The Morgan fingerprint density at radius 1 is 1.24 bits per heavy atom. The Balaban J connectivity index is 2.46. The third-order valence-corrected chi connectivity index (χ3v) is 2.47. The van der Waals surface area contributed by atoms with E-state index in [1.807, 2.05) is 6.07 Å². The number of benzene rings is 1. The minimum absolute atomic E-state index is 0.169. The molecule has 3 nitrogen and oxygen atoms in total. The lowest BCUT2D eigenvalue weighted by atomic mass is 10.0. The zero-order valence-corrected chi connectivity index (χ0v) is 9.02. The summed E-state index contributed by atoms with van der Waals surface area (Å²) in [6.07, 6.45) is 3.06. The second-order valence-electron chi connectivity index (χ2n) is 3.58. The molecular formula is C13H10FN3. The van der Waals surface area contributed by atoms with Crippen molar-refractivity contribution in [2.45, 2.75) is 6.54 Å². The zero-order valence-electron chi connectivity index (χ0n) is 9.02. The molecule has 2 rings (SSSR count). The van der Waals surface area contributed by atoms with Crippen LogP contribution < -0.4 is 5.73 Å². The minimum Gasteiger partial charge on any atom is -0.326 e. The fourth-order valence-corrected chi connectivity index (χ4v) is 1.55. The van der Waals surface area contributed by atoms with Gasteiger partial charge in [0.05, 0.1) is 5.56 Å². The molecule has 0 saturated heterocycles. The Kier molecular flexibility index (Phi) is 3.12. The highest BCUT2D eigenvalue weighted by Gasteiger charge is 2.04. The van der Waals surface area contributed by atoms with E-state index >= 15 is 0 Å². The van der Waals surface area contributed by atoms with Crippen LogP contribution in [0.1, 0.15) is 11.1 Å². The van der Waals surface area contributed by atoms with Gasteiger partial charge in [-0.1, -0.05) is 12.1 Å². The average Bonchev–Trinajstić information content (AvgIpc) is 2.38. The first-order valence-electron chi connectivity index (χ1n) is 5.08. The molecule has 0 spiro atoms. The first-order valence-corrected chi connectivity index (χ1v) is 5.08. The molecule has 0 radical (unpaired) electrons. The van der Waals surface area contributed by atoms with Gasteiger partial charge in [0, 0.05) is 30.1 Å². The van der Waals surface area contributed by atoms with E-state index < -0.39 is 0 Å². The Morgan fingerprint density at radius 3 is 2.71 bits per heavy atom. The highest BCUT2D eigenvalue weighted by molar-refractivity contribution is 5.64. The summed E-state index contributed by atoms with van der Waals surface area (Å²) in [5.74, 6) is -0.340. The summed E-state index contributed by atoms with van der Waals surface area (Å²) in [4.78, 5) is 3.93. The average molecular weight is 227 g/mol. The van der Waals surface area contributed by atoms with Crippen molar-refractivity contribution in [3.8, 4) is 17.2 Å². The van der Waals surface area contributed by atoms with Crippen LogP contribution >= 0.6 is 0 Å². The molecule has 1 aromatic carbocycles. The molecule has 1 aromatic heterocycles. The zero-order chi connectivity index (χ0) is 12.3. The van der Waals surface area contributed by atoms with Crippen LogP contribution in [-0.4, -0.2) is 4.98 Å². The molecular weight excluding hydrogens is 217 g/mol. The van der Waals surface area contributed by atoms with E-state index in [1.165, 1.54) is 12.3 Å². The summed E-state index contributed by atoms with van der Waals surface area (Å²) in [7, 11) is 0. The van der Waals surface area contributed by atoms with E-state index in [0.29, 0.717) is 22.3 Å². The van der Waals surface area contributed by atoms with Crippen molar-refractivity contribution in [1.29, 1.82) is 5.26 Å². The van der Waals surface area contributed by atoms with E-state index in [0.717, 1.165) is 0 Å². The number of pyridine rings is 1. The number of nitrogens with two attached hydrogens (primary N) is 1. The van der Waals surface area contributed by atoms with Crippen molar-refractivity contribution in [3.63, 3.8) is 0 Å². The van der Waals surface area contributed by atoms with E-state index in [1.54, 1.807) is 24.4 Å². The third kappa shape index (κ3) is 2.30. The molecule has 0 saturated carbocycles. The molecule has 2 N–H and O–H groups in total. The molecule has 0 unspecified atom stereocenters. The maximum atomic E-state index is 13.6. The van der Waals surface area contributed by atoms with Gasteiger partial charge >= 0.3 is 0 Å². The van der Waals surface area contributed by atoms with Gasteiger partial charge in [0.25, 0.3) is 0 Å². The Bertz CT molecular complexity index is 587. The third-order valence-electron chi connectivity index (χ3n) is 2.47. The molecule has 0 aliphatic carbocycles. The maximum Gasteiger partial charge on any atom is 0.128 e. The van der Waals surface area contributed by atoms with Crippen LogP contribution in [0.15, 0.2) is 36.7 Å². The van der Waals surface area contributed by atoms with Gasteiger partial charge in [-0.2, -0.15) is 5.26 Å². The van der Waals surface area contributed by atoms with Crippen LogP contribution in [0.25, 0.3) is 11.1 Å². The van der Waals surface area contributed by atoms with Gasteiger partial charge in [-0.15, -0.1) is 0 Å². The van der Waals surface area contributed by atoms with Gasteiger partial charge < -0.3 is 5.73 Å². The smallest absolute Gasteiger partial charge is 0.128 e. The SMILES string of the molecule is N#Cc1cncc(-c2ccc(CN)c(F)c2)c1. The minimum atomic E-state index is -0.340. The second-order valence-corrected chi connectivity index (χ2v) is 3.58. The highest BCUT2D eigenvalue weighted by atomic mass is 19.1. The van der Waals surface area contributed by atoms with Crippen LogP contribution in [0.5, 0.6) is 0 Å². The fraction of sp³-hybridized carbons (Fsp3) is 0.0769. The first-order chi connectivity index (χ1) is 8.24.